The van der Waals surface area contributed by atoms with Gasteiger partial charge in [-0.1, -0.05) is 6.07 Å². The van der Waals surface area contributed by atoms with Crippen molar-refractivity contribution >= 4 is 11.8 Å². The number of ketones is 1. The summed E-state index contributed by atoms with van der Waals surface area (Å²) in [6, 6.07) is 3.61. The fourth-order valence-electron chi connectivity index (χ4n) is 2.95. The molecule has 126 valence electrons. The highest BCUT2D eigenvalue weighted by molar-refractivity contribution is 5.95. The number of Topliss-reactive ketones (excluding diaryl/α,β-unsaturated/α-hetero) is 1. The fourth-order valence-corrected chi connectivity index (χ4v) is 2.95. The number of aromatic nitrogens is 3. The maximum Gasteiger partial charge on any atom is 0.317 e. The predicted molar refractivity (Wildman–Crippen MR) is 88.3 cm³/mol. The molecule has 0 saturated carbocycles. The maximum atomic E-state index is 12.6. The second kappa shape index (κ2) is 7.25. The summed E-state index contributed by atoms with van der Waals surface area (Å²) in [4.78, 5) is 34.8. The first-order chi connectivity index (χ1) is 11.6. The lowest BCUT2D eigenvalue weighted by Crippen LogP contribution is -2.47. The molecule has 2 aromatic rings. The quantitative estimate of drug-likeness (QED) is 0.865. The monoisotopic (exact) mass is 327 g/mol. The van der Waals surface area contributed by atoms with Crippen LogP contribution in [0.2, 0.25) is 0 Å². The van der Waals surface area contributed by atoms with E-state index in [4.69, 9.17) is 0 Å². The number of urea groups is 1. The van der Waals surface area contributed by atoms with E-state index >= 15 is 0 Å². The first-order valence-electron chi connectivity index (χ1n) is 8.08. The van der Waals surface area contributed by atoms with Crippen molar-refractivity contribution < 1.29 is 9.59 Å². The summed E-state index contributed by atoms with van der Waals surface area (Å²) in [5.41, 5.74) is 0.948. The molecule has 0 spiro atoms. The van der Waals surface area contributed by atoms with E-state index < -0.39 is 0 Å². The molecule has 0 aliphatic carbocycles. The van der Waals surface area contributed by atoms with Gasteiger partial charge in [-0.3, -0.25) is 9.78 Å². The Morgan fingerprint density at radius 3 is 2.96 bits per heavy atom. The molecule has 1 N–H and O–H groups in total. The van der Waals surface area contributed by atoms with E-state index in [2.05, 4.69) is 15.3 Å². The molecule has 0 radical (unpaired) electrons. The van der Waals surface area contributed by atoms with Crippen LogP contribution in [-0.4, -0.2) is 44.3 Å². The van der Waals surface area contributed by atoms with Crippen molar-refractivity contribution in [1.82, 2.24) is 24.8 Å². The molecule has 1 aliphatic heterocycles. The summed E-state index contributed by atoms with van der Waals surface area (Å²) in [5, 5.41) is 2.89. The minimum absolute atomic E-state index is 0.00672. The number of imidazole rings is 1. The van der Waals surface area contributed by atoms with Gasteiger partial charge in [-0.15, -0.1) is 0 Å². The van der Waals surface area contributed by atoms with Crippen LogP contribution in [0.25, 0.3) is 0 Å². The molecule has 1 aliphatic rings. The first kappa shape index (κ1) is 16.2. The number of nitrogens with one attached hydrogen (secondary N) is 1. The van der Waals surface area contributed by atoms with Gasteiger partial charge in [-0.2, -0.15) is 0 Å². The number of carbonyl (C=O) groups is 2. The Morgan fingerprint density at radius 2 is 2.25 bits per heavy atom. The molecule has 0 bridgehead atoms. The lowest BCUT2D eigenvalue weighted by atomic mass is 9.93. The summed E-state index contributed by atoms with van der Waals surface area (Å²) in [7, 11) is 1.81. The predicted octanol–water partition coefficient (Wildman–Crippen LogP) is 1.62. The van der Waals surface area contributed by atoms with E-state index in [0.717, 1.165) is 18.4 Å². The van der Waals surface area contributed by atoms with E-state index in [0.29, 0.717) is 25.5 Å². The van der Waals surface area contributed by atoms with Gasteiger partial charge in [-0.05, 0) is 24.5 Å². The Kier molecular flexibility index (Phi) is 4.88. The maximum absolute atomic E-state index is 12.6. The average molecular weight is 327 g/mol. The third-order valence-corrected chi connectivity index (χ3v) is 4.29. The summed E-state index contributed by atoms with van der Waals surface area (Å²) in [6.07, 6.45) is 8.41. The Hall–Kier alpha value is -2.70. The number of carbonyl (C=O) groups excluding carboxylic acids is 2. The summed E-state index contributed by atoms with van der Waals surface area (Å²) in [5.74, 6) is 0.272. The van der Waals surface area contributed by atoms with Crippen molar-refractivity contribution in [3.05, 3.63) is 48.3 Å². The van der Waals surface area contributed by atoms with E-state index in [9.17, 15) is 9.59 Å². The lowest BCUT2D eigenvalue weighted by Gasteiger charge is -2.31. The van der Waals surface area contributed by atoms with E-state index in [-0.39, 0.29) is 17.7 Å². The van der Waals surface area contributed by atoms with Crippen LogP contribution >= 0.6 is 0 Å². The molecule has 7 heteroatoms. The van der Waals surface area contributed by atoms with Crippen LogP contribution in [0, 0.1) is 5.92 Å². The Labute approximate surface area is 140 Å². The zero-order valence-electron chi connectivity index (χ0n) is 13.7. The van der Waals surface area contributed by atoms with E-state index in [1.165, 1.54) is 0 Å². The van der Waals surface area contributed by atoms with Crippen LogP contribution in [0.5, 0.6) is 0 Å². The van der Waals surface area contributed by atoms with Crippen LogP contribution in [0.4, 0.5) is 4.79 Å². The highest BCUT2D eigenvalue weighted by Crippen LogP contribution is 2.20. The van der Waals surface area contributed by atoms with E-state index in [1.807, 2.05) is 12.1 Å². The Balaban J connectivity index is 1.58. The summed E-state index contributed by atoms with van der Waals surface area (Å²) < 4.78 is 1.73. The van der Waals surface area contributed by atoms with Crippen molar-refractivity contribution in [2.24, 2.45) is 13.0 Å². The van der Waals surface area contributed by atoms with Crippen LogP contribution in [0.3, 0.4) is 0 Å². The van der Waals surface area contributed by atoms with Gasteiger partial charge in [0.25, 0.3) is 0 Å². The highest BCUT2D eigenvalue weighted by Gasteiger charge is 2.30. The zero-order valence-corrected chi connectivity index (χ0v) is 13.7. The Bertz CT molecular complexity index is 713. The molecule has 0 unspecified atom stereocenters. The second-order valence-corrected chi connectivity index (χ2v) is 6.03. The number of aryl methyl sites for hydroxylation is 1. The van der Waals surface area contributed by atoms with Crippen molar-refractivity contribution in [3.63, 3.8) is 0 Å². The average Bonchev–Trinajstić information content (AvgIpc) is 3.06. The van der Waals surface area contributed by atoms with Gasteiger partial charge < -0.3 is 14.8 Å². The van der Waals surface area contributed by atoms with Crippen molar-refractivity contribution in [2.75, 3.05) is 13.1 Å². The number of likely N-dealkylation sites (tertiary alicyclic amines) is 1. The molecular weight excluding hydrogens is 306 g/mol. The molecule has 24 heavy (non-hydrogen) atoms. The van der Waals surface area contributed by atoms with Gasteiger partial charge in [0.15, 0.2) is 5.82 Å². The van der Waals surface area contributed by atoms with Crippen molar-refractivity contribution in [2.45, 2.75) is 19.4 Å². The minimum Gasteiger partial charge on any atom is -0.334 e. The van der Waals surface area contributed by atoms with Crippen LogP contribution in [0.15, 0.2) is 36.9 Å². The normalized spacial score (nSPS) is 17.5. The largest absolute Gasteiger partial charge is 0.334 e. The molecule has 3 heterocycles. The molecule has 1 atom stereocenters. The molecule has 2 aromatic heterocycles. The van der Waals surface area contributed by atoms with Crippen molar-refractivity contribution in [3.8, 4) is 0 Å². The number of hydrogen-bond acceptors (Lipinski definition) is 4. The molecule has 1 saturated heterocycles. The third kappa shape index (κ3) is 3.61. The van der Waals surface area contributed by atoms with Crippen LogP contribution in [0.1, 0.15) is 29.0 Å². The fraction of sp³-hybridized carbons (Fsp3) is 0.412. The van der Waals surface area contributed by atoms with Gasteiger partial charge >= 0.3 is 6.03 Å². The smallest absolute Gasteiger partial charge is 0.317 e. The van der Waals surface area contributed by atoms with Gasteiger partial charge in [0, 0.05) is 57.4 Å². The topological polar surface area (TPSA) is 80.1 Å². The van der Waals surface area contributed by atoms with Crippen molar-refractivity contribution in [1.29, 1.82) is 0 Å². The van der Waals surface area contributed by atoms with Gasteiger partial charge in [0.05, 0.1) is 0 Å². The number of nitrogens with zero attached hydrogens (tertiary/aromatic N) is 4. The molecule has 0 aromatic carbocycles. The number of amides is 2. The molecule has 2 amide bonds. The highest BCUT2D eigenvalue weighted by atomic mass is 16.2. The van der Waals surface area contributed by atoms with Gasteiger partial charge in [0.2, 0.25) is 5.78 Å². The number of pyridine rings is 1. The standard InChI is InChI=1S/C17H21N5O2/c1-21-9-7-19-16(21)15(23)14-5-3-8-22(12-14)17(24)20-11-13-4-2-6-18-10-13/h2,4,6-7,9-10,14H,3,5,8,11-12H2,1H3,(H,20,24)/t14-/m1/s1. The number of rotatable bonds is 4. The number of hydrogen-bond donors (Lipinski definition) is 1. The van der Waals surface area contributed by atoms with Crippen LogP contribution in [-0.2, 0) is 13.6 Å². The minimum atomic E-state index is -0.191. The zero-order chi connectivity index (χ0) is 16.9. The second-order valence-electron chi connectivity index (χ2n) is 6.03. The molecular formula is C17H21N5O2. The van der Waals surface area contributed by atoms with Crippen LogP contribution < -0.4 is 5.32 Å². The summed E-state index contributed by atoms with van der Waals surface area (Å²) in [6.45, 7) is 1.54. The van der Waals surface area contributed by atoms with Gasteiger partial charge in [-0.25, -0.2) is 9.78 Å². The lowest BCUT2D eigenvalue weighted by molar-refractivity contribution is 0.0831. The first-order valence-corrected chi connectivity index (χ1v) is 8.08. The third-order valence-electron chi connectivity index (χ3n) is 4.29. The Morgan fingerprint density at radius 1 is 1.38 bits per heavy atom. The van der Waals surface area contributed by atoms with E-state index in [1.54, 1.807) is 41.3 Å². The molecule has 1 fully saturated rings. The van der Waals surface area contributed by atoms with Gasteiger partial charge in [0.1, 0.15) is 0 Å². The number of piperidine rings is 1. The molecule has 3 rings (SSSR count). The SMILES string of the molecule is Cn1ccnc1C(=O)[C@@H]1CCCN(C(=O)NCc2cccnc2)C1. The molecule has 7 nitrogen and oxygen atoms in total. The summed E-state index contributed by atoms with van der Waals surface area (Å²) >= 11 is 0.